The zero-order chi connectivity index (χ0) is 20.6. The number of benzene rings is 2. The maximum Gasteiger partial charge on any atom is 0.140 e. The third-order valence-corrected chi connectivity index (χ3v) is 6.92. The first-order chi connectivity index (χ1) is 13.9. The Morgan fingerprint density at radius 3 is 2.72 bits per heavy atom. The standard InChI is InChI=1S/C26H32O3/c1-17(9-7-12-18-10-5-4-6-11-18)19-16-24-20(15-23(19)28)25-21(26(2,3)29-24)13-8-14-22(25)27/h4-6,10-11,15-17,21,25,28H,7-9,12-14H2,1-3H3/t17?,21-,25-/m0/s1. The highest BCUT2D eigenvalue weighted by Crippen LogP contribution is 2.52. The molecule has 4 rings (SSSR count). The Balaban J connectivity index is 1.55. The highest BCUT2D eigenvalue weighted by Gasteiger charge is 2.48. The summed E-state index contributed by atoms with van der Waals surface area (Å²) in [5, 5.41) is 10.8. The van der Waals surface area contributed by atoms with Gasteiger partial charge < -0.3 is 9.84 Å². The smallest absolute Gasteiger partial charge is 0.140 e. The molecule has 1 aliphatic carbocycles. The van der Waals surface area contributed by atoms with E-state index in [4.69, 9.17) is 4.74 Å². The molecule has 1 N–H and O–H groups in total. The van der Waals surface area contributed by atoms with E-state index in [9.17, 15) is 9.90 Å². The summed E-state index contributed by atoms with van der Waals surface area (Å²) in [5.74, 6) is 1.66. The molecular weight excluding hydrogens is 360 g/mol. The lowest BCUT2D eigenvalue weighted by atomic mass is 9.66. The van der Waals surface area contributed by atoms with Crippen molar-refractivity contribution in [1.29, 1.82) is 0 Å². The first-order valence-electron chi connectivity index (χ1n) is 11.0. The predicted molar refractivity (Wildman–Crippen MR) is 116 cm³/mol. The van der Waals surface area contributed by atoms with E-state index in [-0.39, 0.29) is 23.4 Å². The number of fused-ring (bicyclic) bond motifs is 3. The number of aromatic hydroxyl groups is 1. The summed E-state index contributed by atoms with van der Waals surface area (Å²) < 4.78 is 6.39. The third kappa shape index (κ3) is 3.92. The van der Waals surface area contributed by atoms with Crippen LogP contribution in [-0.4, -0.2) is 16.5 Å². The average molecular weight is 393 g/mol. The molecule has 1 heterocycles. The van der Waals surface area contributed by atoms with E-state index in [1.54, 1.807) is 0 Å². The van der Waals surface area contributed by atoms with E-state index >= 15 is 0 Å². The molecule has 0 bridgehead atoms. The van der Waals surface area contributed by atoms with Crippen LogP contribution in [0.1, 0.15) is 81.4 Å². The van der Waals surface area contributed by atoms with Crippen molar-refractivity contribution in [2.24, 2.45) is 5.92 Å². The molecule has 1 unspecified atom stereocenters. The van der Waals surface area contributed by atoms with Crippen LogP contribution < -0.4 is 4.74 Å². The molecule has 1 saturated carbocycles. The van der Waals surface area contributed by atoms with Crippen LogP contribution >= 0.6 is 0 Å². The van der Waals surface area contributed by atoms with E-state index in [1.165, 1.54) is 5.56 Å². The maximum absolute atomic E-state index is 12.7. The fraction of sp³-hybridized carbons (Fsp3) is 0.500. The Kier molecular flexibility index (Phi) is 5.42. The van der Waals surface area contributed by atoms with Gasteiger partial charge in [0.1, 0.15) is 22.9 Å². The molecule has 2 aromatic carbocycles. The number of hydrogen-bond acceptors (Lipinski definition) is 3. The summed E-state index contributed by atoms with van der Waals surface area (Å²) in [7, 11) is 0. The van der Waals surface area contributed by atoms with Crippen molar-refractivity contribution in [2.75, 3.05) is 0 Å². The normalized spacial score (nSPS) is 23.6. The molecule has 2 aliphatic rings. The fourth-order valence-corrected chi connectivity index (χ4v) is 5.28. The molecule has 0 radical (unpaired) electrons. The van der Waals surface area contributed by atoms with Crippen molar-refractivity contribution >= 4 is 5.78 Å². The number of hydrogen-bond donors (Lipinski definition) is 1. The van der Waals surface area contributed by atoms with Crippen LogP contribution in [0.5, 0.6) is 11.5 Å². The minimum Gasteiger partial charge on any atom is -0.508 e. The minimum atomic E-state index is -0.363. The summed E-state index contributed by atoms with van der Waals surface area (Å²) in [4.78, 5) is 12.7. The Morgan fingerprint density at radius 2 is 1.97 bits per heavy atom. The van der Waals surface area contributed by atoms with E-state index < -0.39 is 0 Å². The third-order valence-electron chi connectivity index (χ3n) is 6.92. The predicted octanol–water partition coefficient (Wildman–Crippen LogP) is 6.14. The van der Waals surface area contributed by atoms with Crippen molar-refractivity contribution < 1.29 is 14.6 Å². The fourth-order valence-electron chi connectivity index (χ4n) is 5.28. The molecule has 154 valence electrons. The van der Waals surface area contributed by atoms with Gasteiger partial charge in [-0.05, 0) is 69.6 Å². The molecule has 3 nitrogen and oxygen atoms in total. The van der Waals surface area contributed by atoms with Crippen LogP contribution in [0, 0.1) is 5.92 Å². The molecule has 29 heavy (non-hydrogen) atoms. The summed E-state index contributed by atoms with van der Waals surface area (Å²) in [6.07, 6.45) is 5.67. The highest BCUT2D eigenvalue weighted by molar-refractivity contribution is 5.88. The lowest BCUT2D eigenvalue weighted by Crippen LogP contribution is -2.48. The Morgan fingerprint density at radius 1 is 1.21 bits per heavy atom. The monoisotopic (exact) mass is 392 g/mol. The number of ketones is 1. The molecule has 3 atom stereocenters. The Labute approximate surface area is 174 Å². The van der Waals surface area contributed by atoms with Gasteiger partial charge in [-0.3, -0.25) is 4.79 Å². The van der Waals surface area contributed by atoms with Crippen LogP contribution in [0.2, 0.25) is 0 Å². The Hall–Kier alpha value is -2.29. The van der Waals surface area contributed by atoms with Gasteiger partial charge in [-0.25, -0.2) is 0 Å². The highest BCUT2D eigenvalue weighted by atomic mass is 16.5. The quantitative estimate of drug-likeness (QED) is 0.664. The zero-order valence-corrected chi connectivity index (χ0v) is 17.8. The molecule has 0 amide bonds. The van der Waals surface area contributed by atoms with Crippen LogP contribution in [0.3, 0.4) is 0 Å². The van der Waals surface area contributed by atoms with Gasteiger partial charge in [-0.15, -0.1) is 0 Å². The van der Waals surface area contributed by atoms with Gasteiger partial charge in [0.25, 0.3) is 0 Å². The molecule has 0 aromatic heterocycles. The van der Waals surface area contributed by atoms with Gasteiger partial charge in [-0.2, -0.15) is 0 Å². The van der Waals surface area contributed by atoms with Gasteiger partial charge in [0.05, 0.1) is 5.92 Å². The molecule has 1 aliphatic heterocycles. The second kappa shape index (κ2) is 7.85. The summed E-state index contributed by atoms with van der Waals surface area (Å²) in [6.45, 7) is 6.36. The maximum atomic E-state index is 12.7. The number of Topliss-reactive ketones (excluding diaryl/α,β-unsaturated/α-hetero) is 1. The van der Waals surface area contributed by atoms with Crippen LogP contribution in [0.4, 0.5) is 0 Å². The van der Waals surface area contributed by atoms with Crippen molar-refractivity contribution in [2.45, 2.75) is 76.7 Å². The lowest BCUT2D eigenvalue weighted by Gasteiger charge is -2.46. The summed E-state index contributed by atoms with van der Waals surface area (Å²) in [6, 6.07) is 14.3. The van der Waals surface area contributed by atoms with Gasteiger partial charge in [0.15, 0.2) is 0 Å². The van der Waals surface area contributed by atoms with Gasteiger partial charge in [-0.1, -0.05) is 37.3 Å². The van der Waals surface area contributed by atoms with Gasteiger partial charge in [0, 0.05) is 23.5 Å². The van der Waals surface area contributed by atoms with E-state index in [0.717, 1.165) is 49.0 Å². The molecular formula is C26H32O3. The largest absolute Gasteiger partial charge is 0.508 e. The van der Waals surface area contributed by atoms with Gasteiger partial charge >= 0.3 is 0 Å². The van der Waals surface area contributed by atoms with Crippen molar-refractivity contribution in [3.63, 3.8) is 0 Å². The second-order valence-corrected chi connectivity index (χ2v) is 9.38. The minimum absolute atomic E-state index is 0.143. The molecule has 3 heteroatoms. The number of phenolic OH excluding ortho intramolecular Hbond substituents is 1. The number of carbonyl (C=O) groups is 1. The second-order valence-electron chi connectivity index (χ2n) is 9.38. The molecule has 2 aromatic rings. The first kappa shape index (κ1) is 20.0. The zero-order valence-electron chi connectivity index (χ0n) is 17.8. The first-order valence-corrected chi connectivity index (χ1v) is 11.0. The molecule has 0 spiro atoms. The van der Waals surface area contributed by atoms with E-state index in [2.05, 4.69) is 45.0 Å². The van der Waals surface area contributed by atoms with Crippen LogP contribution in [-0.2, 0) is 11.2 Å². The van der Waals surface area contributed by atoms with E-state index in [0.29, 0.717) is 18.0 Å². The summed E-state index contributed by atoms with van der Waals surface area (Å²) >= 11 is 0. The number of phenols is 1. The van der Waals surface area contributed by atoms with Gasteiger partial charge in [0.2, 0.25) is 0 Å². The number of carbonyl (C=O) groups excluding carboxylic acids is 1. The van der Waals surface area contributed by atoms with Crippen LogP contribution in [0.15, 0.2) is 42.5 Å². The summed E-state index contributed by atoms with van der Waals surface area (Å²) in [5.41, 5.74) is 2.80. The van der Waals surface area contributed by atoms with Crippen molar-refractivity contribution in [3.05, 3.63) is 59.2 Å². The average Bonchev–Trinajstić information content (AvgIpc) is 2.69. The molecule has 0 saturated heterocycles. The SMILES string of the molecule is CC(CCCc1ccccc1)c1cc2c(cc1O)[C@@H]1C(=O)CCC[C@@H]1C(C)(C)O2. The van der Waals surface area contributed by atoms with Crippen molar-refractivity contribution in [1.82, 2.24) is 0 Å². The molecule has 1 fully saturated rings. The number of ether oxygens (including phenoxy) is 1. The van der Waals surface area contributed by atoms with E-state index in [1.807, 2.05) is 18.2 Å². The van der Waals surface area contributed by atoms with Crippen molar-refractivity contribution in [3.8, 4) is 11.5 Å². The number of rotatable bonds is 5. The Bertz CT molecular complexity index is 884. The number of aryl methyl sites for hydroxylation is 1. The lowest BCUT2D eigenvalue weighted by molar-refractivity contribution is -0.128. The topological polar surface area (TPSA) is 46.5 Å². The van der Waals surface area contributed by atoms with Crippen LogP contribution in [0.25, 0.3) is 0 Å².